The largest absolute Gasteiger partial charge is 0.371 e. The van der Waals surface area contributed by atoms with E-state index in [1.54, 1.807) is 0 Å². The lowest BCUT2D eigenvalue weighted by Crippen LogP contribution is -2.41. The van der Waals surface area contributed by atoms with Crippen molar-refractivity contribution in [1.82, 2.24) is 0 Å². The third kappa shape index (κ3) is 2.72. The maximum Gasteiger partial charge on any atom is 0.0604 e. The van der Waals surface area contributed by atoms with Gasteiger partial charge in [0.2, 0.25) is 0 Å². The highest BCUT2D eigenvalue weighted by molar-refractivity contribution is 5.72. The van der Waals surface area contributed by atoms with Gasteiger partial charge in [-0.15, -0.1) is 0 Å². The Bertz CT molecular complexity index is 364. The number of likely N-dealkylation sites (N-methyl/N-ethyl adjacent to an activating group) is 1. The van der Waals surface area contributed by atoms with Crippen LogP contribution in [0.15, 0.2) is 24.3 Å². The van der Waals surface area contributed by atoms with Gasteiger partial charge in [-0.3, -0.25) is 0 Å². The molecule has 1 unspecified atom stereocenters. The van der Waals surface area contributed by atoms with Crippen molar-refractivity contribution in [2.45, 2.75) is 25.8 Å². The van der Waals surface area contributed by atoms with Gasteiger partial charge in [-0.25, -0.2) is 0 Å². The lowest BCUT2D eigenvalue weighted by atomic mass is 10.1. The standard InChI is InChI=1S/C14H23N3/c1-3-12(15)8-9-17-11-10-16(2)13-6-4-5-7-14(13)17/h4-7,12H,3,8-11,15H2,1-2H3. The average Bonchev–Trinajstić information content (AvgIpc) is 2.38. The van der Waals surface area contributed by atoms with Crippen molar-refractivity contribution in [3.05, 3.63) is 24.3 Å². The van der Waals surface area contributed by atoms with Crippen molar-refractivity contribution in [2.75, 3.05) is 36.5 Å². The first kappa shape index (κ1) is 12.2. The molecule has 17 heavy (non-hydrogen) atoms. The molecule has 1 aliphatic heterocycles. The van der Waals surface area contributed by atoms with E-state index in [1.807, 2.05) is 0 Å². The van der Waals surface area contributed by atoms with Gasteiger partial charge in [0, 0.05) is 32.7 Å². The van der Waals surface area contributed by atoms with Crippen molar-refractivity contribution in [1.29, 1.82) is 0 Å². The van der Waals surface area contributed by atoms with Crippen LogP contribution in [-0.2, 0) is 0 Å². The van der Waals surface area contributed by atoms with E-state index in [0.717, 1.165) is 32.5 Å². The van der Waals surface area contributed by atoms with Crippen molar-refractivity contribution in [2.24, 2.45) is 5.73 Å². The number of rotatable bonds is 4. The molecule has 3 nitrogen and oxygen atoms in total. The van der Waals surface area contributed by atoms with Gasteiger partial charge in [-0.2, -0.15) is 0 Å². The van der Waals surface area contributed by atoms with Crippen LogP contribution in [0.3, 0.4) is 0 Å². The summed E-state index contributed by atoms with van der Waals surface area (Å²) in [7, 11) is 2.16. The van der Waals surface area contributed by atoms with Crippen LogP contribution in [0.5, 0.6) is 0 Å². The van der Waals surface area contributed by atoms with Crippen LogP contribution in [0.4, 0.5) is 11.4 Å². The number of para-hydroxylation sites is 2. The van der Waals surface area contributed by atoms with Crippen LogP contribution in [0, 0.1) is 0 Å². The van der Waals surface area contributed by atoms with Gasteiger partial charge < -0.3 is 15.5 Å². The molecule has 0 bridgehead atoms. The van der Waals surface area contributed by atoms with Crippen molar-refractivity contribution in [3.8, 4) is 0 Å². The smallest absolute Gasteiger partial charge is 0.0604 e. The topological polar surface area (TPSA) is 32.5 Å². The minimum atomic E-state index is 0.335. The molecule has 0 fully saturated rings. The Kier molecular flexibility index (Phi) is 3.89. The number of hydrogen-bond donors (Lipinski definition) is 1. The second kappa shape index (κ2) is 5.41. The molecule has 1 aliphatic rings. The Morgan fingerprint density at radius 2 is 1.94 bits per heavy atom. The molecule has 0 saturated heterocycles. The molecule has 0 aliphatic carbocycles. The normalized spacial score (nSPS) is 16.9. The Labute approximate surface area is 104 Å². The summed E-state index contributed by atoms with van der Waals surface area (Å²) in [5.41, 5.74) is 8.69. The molecule has 0 saturated carbocycles. The van der Waals surface area contributed by atoms with E-state index in [2.05, 4.69) is 48.0 Å². The number of hydrogen-bond acceptors (Lipinski definition) is 3. The zero-order valence-corrected chi connectivity index (χ0v) is 10.9. The maximum absolute atomic E-state index is 6.00. The van der Waals surface area contributed by atoms with E-state index in [0.29, 0.717) is 6.04 Å². The zero-order chi connectivity index (χ0) is 12.3. The van der Waals surface area contributed by atoms with E-state index in [4.69, 9.17) is 5.73 Å². The minimum Gasteiger partial charge on any atom is -0.371 e. The molecule has 1 aromatic rings. The summed E-state index contributed by atoms with van der Waals surface area (Å²) in [6.07, 6.45) is 2.14. The summed E-state index contributed by atoms with van der Waals surface area (Å²) in [6, 6.07) is 8.97. The SMILES string of the molecule is CCC(N)CCN1CCN(C)c2ccccc21. The molecular formula is C14H23N3. The van der Waals surface area contributed by atoms with Gasteiger partial charge in [0.1, 0.15) is 0 Å². The number of nitrogens with two attached hydrogens (primary N) is 1. The van der Waals surface area contributed by atoms with Gasteiger partial charge >= 0.3 is 0 Å². The average molecular weight is 233 g/mol. The summed E-state index contributed by atoms with van der Waals surface area (Å²) < 4.78 is 0. The zero-order valence-electron chi connectivity index (χ0n) is 10.9. The van der Waals surface area contributed by atoms with Crippen LogP contribution in [0.25, 0.3) is 0 Å². The quantitative estimate of drug-likeness (QED) is 0.864. The van der Waals surface area contributed by atoms with Gasteiger partial charge in [0.25, 0.3) is 0 Å². The summed E-state index contributed by atoms with van der Waals surface area (Å²) in [4.78, 5) is 4.79. The second-order valence-corrected chi connectivity index (χ2v) is 4.85. The molecule has 0 amide bonds. The Hall–Kier alpha value is -1.22. The molecule has 0 aromatic heterocycles. The molecule has 1 heterocycles. The fraction of sp³-hybridized carbons (Fsp3) is 0.571. The fourth-order valence-electron chi connectivity index (χ4n) is 2.32. The molecule has 1 aromatic carbocycles. The summed E-state index contributed by atoms with van der Waals surface area (Å²) in [5, 5.41) is 0. The minimum absolute atomic E-state index is 0.335. The molecule has 0 spiro atoms. The van der Waals surface area contributed by atoms with E-state index in [9.17, 15) is 0 Å². The highest BCUT2D eigenvalue weighted by Crippen LogP contribution is 2.31. The van der Waals surface area contributed by atoms with Crippen molar-refractivity contribution in [3.63, 3.8) is 0 Å². The summed E-state index contributed by atoms with van der Waals surface area (Å²) in [5.74, 6) is 0. The molecule has 2 N–H and O–H groups in total. The van der Waals surface area contributed by atoms with E-state index < -0.39 is 0 Å². The van der Waals surface area contributed by atoms with Gasteiger partial charge in [-0.05, 0) is 25.0 Å². The molecule has 94 valence electrons. The first-order valence-electron chi connectivity index (χ1n) is 6.53. The monoisotopic (exact) mass is 233 g/mol. The van der Waals surface area contributed by atoms with Crippen LogP contribution < -0.4 is 15.5 Å². The van der Waals surface area contributed by atoms with E-state index >= 15 is 0 Å². The number of benzene rings is 1. The van der Waals surface area contributed by atoms with E-state index in [1.165, 1.54) is 11.4 Å². The van der Waals surface area contributed by atoms with Crippen LogP contribution in [0.2, 0.25) is 0 Å². The first-order valence-corrected chi connectivity index (χ1v) is 6.53. The molecular weight excluding hydrogens is 210 g/mol. The molecule has 0 radical (unpaired) electrons. The highest BCUT2D eigenvalue weighted by Gasteiger charge is 2.19. The molecule has 1 atom stereocenters. The number of nitrogens with zero attached hydrogens (tertiary/aromatic N) is 2. The number of anilines is 2. The lowest BCUT2D eigenvalue weighted by molar-refractivity contribution is 0.578. The van der Waals surface area contributed by atoms with Crippen LogP contribution in [-0.4, -0.2) is 32.7 Å². The third-order valence-electron chi connectivity index (χ3n) is 3.63. The van der Waals surface area contributed by atoms with Gasteiger partial charge in [-0.1, -0.05) is 19.1 Å². The third-order valence-corrected chi connectivity index (χ3v) is 3.63. The lowest BCUT2D eigenvalue weighted by Gasteiger charge is -2.37. The first-order chi connectivity index (χ1) is 8.22. The Balaban J connectivity index is 2.08. The van der Waals surface area contributed by atoms with Crippen LogP contribution >= 0.6 is 0 Å². The Morgan fingerprint density at radius 1 is 1.24 bits per heavy atom. The summed E-state index contributed by atoms with van der Waals surface area (Å²) >= 11 is 0. The molecule has 3 heteroatoms. The van der Waals surface area contributed by atoms with Gasteiger partial charge in [0.15, 0.2) is 0 Å². The Morgan fingerprint density at radius 3 is 2.65 bits per heavy atom. The maximum atomic E-state index is 6.00. The predicted octanol–water partition coefficient (Wildman–Crippen LogP) is 2.07. The van der Waals surface area contributed by atoms with Crippen LogP contribution in [0.1, 0.15) is 19.8 Å². The molecule has 2 rings (SSSR count). The van der Waals surface area contributed by atoms with Crippen molar-refractivity contribution >= 4 is 11.4 Å². The number of fused-ring (bicyclic) bond motifs is 1. The predicted molar refractivity (Wildman–Crippen MR) is 74.8 cm³/mol. The highest BCUT2D eigenvalue weighted by atomic mass is 15.2. The van der Waals surface area contributed by atoms with Gasteiger partial charge in [0.05, 0.1) is 11.4 Å². The van der Waals surface area contributed by atoms with Crippen molar-refractivity contribution < 1.29 is 0 Å². The van der Waals surface area contributed by atoms with E-state index in [-0.39, 0.29) is 0 Å². The fourth-order valence-corrected chi connectivity index (χ4v) is 2.32. The second-order valence-electron chi connectivity index (χ2n) is 4.85. The summed E-state index contributed by atoms with van der Waals surface area (Å²) in [6.45, 7) is 5.42.